The number of amides is 1. The molecule has 0 bridgehead atoms. The lowest BCUT2D eigenvalue weighted by atomic mass is 9.89. The first-order valence-electron chi connectivity index (χ1n) is 12.4. The van der Waals surface area contributed by atoms with Gasteiger partial charge in [-0.15, -0.1) is 11.3 Å². The number of aryl methyl sites for hydroxylation is 2. The van der Waals surface area contributed by atoms with Crippen LogP contribution in [0.25, 0.3) is 10.6 Å². The molecule has 1 saturated heterocycles. The Morgan fingerprint density at radius 2 is 1.89 bits per heavy atom. The summed E-state index contributed by atoms with van der Waals surface area (Å²) in [6, 6.07) is 10.5. The largest absolute Gasteiger partial charge is 0.479 e. The van der Waals surface area contributed by atoms with Gasteiger partial charge in [0.2, 0.25) is 0 Å². The zero-order valence-corrected chi connectivity index (χ0v) is 22.2. The fourth-order valence-electron chi connectivity index (χ4n) is 4.56. The zero-order valence-electron chi connectivity index (χ0n) is 21.3. The monoisotopic (exact) mass is 546 g/mol. The minimum atomic E-state index is -4.42. The number of aliphatic carboxylic acids is 1. The molecule has 2 unspecified atom stereocenters. The lowest BCUT2D eigenvalue weighted by Gasteiger charge is -2.33. The van der Waals surface area contributed by atoms with Crippen LogP contribution in [-0.2, 0) is 11.0 Å². The van der Waals surface area contributed by atoms with E-state index in [1.165, 1.54) is 23.5 Å². The van der Waals surface area contributed by atoms with Gasteiger partial charge in [-0.2, -0.15) is 13.2 Å². The van der Waals surface area contributed by atoms with E-state index in [4.69, 9.17) is 4.74 Å². The predicted octanol–water partition coefficient (Wildman–Crippen LogP) is 6.71. The second-order valence-electron chi connectivity index (χ2n) is 9.48. The molecule has 2 atom stereocenters. The molecule has 1 aromatic heterocycles. The quantitative estimate of drug-likeness (QED) is 0.356. The van der Waals surface area contributed by atoms with Crippen molar-refractivity contribution in [2.24, 2.45) is 0 Å². The molecule has 10 heteroatoms. The summed E-state index contributed by atoms with van der Waals surface area (Å²) in [6.45, 7) is 6.44. The Morgan fingerprint density at radius 3 is 2.53 bits per heavy atom. The van der Waals surface area contributed by atoms with Crippen molar-refractivity contribution in [1.29, 1.82) is 0 Å². The first-order valence-corrected chi connectivity index (χ1v) is 13.2. The van der Waals surface area contributed by atoms with Gasteiger partial charge in [-0.3, -0.25) is 4.79 Å². The highest BCUT2D eigenvalue weighted by molar-refractivity contribution is 7.17. The highest BCUT2D eigenvalue weighted by Gasteiger charge is 2.31. The summed E-state index contributed by atoms with van der Waals surface area (Å²) in [5, 5.41) is 9.87. The Labute approximate surface area is 223 Å². The van der Waals surface area contributed by atoms with E-state index in [2.05, 4.69) is 4.98 Å². The van der Waals surface area contributed by atoms with E-state index < -0.39 is 23.8 Å². The van der Waals surface area contributed by atoms with Gasteiger partial charge in [0.25, 0.3) is 5.91 Å². The van der Waals surface area contributed by atoms with Crippen LogP contribution in [0.15, 0.2) is 42.5 Å². The first kappa shape index (κ1) is 27.6. The van der Waals surface area contributed by atoms with E-state index in [0.29, 0.717) is 46.4 Å². The second kappa shape index (κ2) is 11.1. The van der Waals surface area contributed by atoms with E-state index in [9.17, 15) is 27.9 Å². The number of carboxylic acids is 1. The minimum Gasteiger partial charge on any atom is -0.479 e. The Hall–Kier alpha value is -3.40. The topological polar surface area (TPSA) is 79.7 Å². The number of alkyl halides is 3. The number of rotatable bonds is 7. The molecule has 202 valence electrons. The lowest BCUT2D eigenvalue weighted by Crippen LogP contribution is -2.39. The Balaban J connectivity index is 1.51. The molecule has 3 aromatic rings. The zero-order chi connectivity index (χ0) is 27.6. The molecule has 1 aliphatic rings. The Kier molecular flexibility index (Phi) is 8.10. The number of aromatic nitrogens is 1. The summed E-state index contributed by atoms with van der Waals surface area (Å²) >= 11 is 1.18. The van der Waals surface area contributed by atoms with Crippen molar-refractivity contribution in [2.45, 2.75) is 58.2 Å². The second-order valence-corrected chi connectivity index (χ2v) is 10.5. The summed E-state index contributed by atoms with van der Waals surface area (Å²) < 4.78 is 44.5. The fraction of sp³-hybridized carbons (Fsp3) is 0.393. The third-order valence-corrected chi connectivity index (χ3v) is 7.95. The number of nitrogens with zero attached hydrogens (tertiary/aromatic N) is 2. The molecule has 2 aromatic carbocycles. The number of thiazole rings is 1. The van der Waals surface area contributed by atoms with Crippen molar-refractivity contribution >= 4 is 23.2 Å². The van der Waals surface area contributed by atoms with Crippen LogP contribution in [0.4, 0.5) is 13.2 Å². The van der Waals surface area contributed by atoms with Gasteiger partial charge >= 0.3 is 12.1 Å². The van der Waals surface area contributed by atoms with Crippen molar-refractivity contribution in [3.8, 4) is 16.3 Å². The third kappa shape index (κ3) is 6.01. The van der Waals surface area contributed by atoms with Crippen LogP contribution in [0.3, 0.4) is 0 Å². The molecule has 1 aliphatic heterocycles. The fourth-order valence-corrected chi connectivity index (χ4v) is 5.60. The maximum atomic E-state index is 13.5. The highest BCUT2D eigenvalue weighted by Crippen LogP contribution is 2.35. The maximum Gasteiger partial charge on any atom is 0.416 e. The van der Waals surface area contributed by atoms with E-state index in [1.54, 1.807) is 18.7 Å². The summed E-state index contributed by atoms with van der Waals surface area (Å²) in [7, 11) is 0. The number of carbonyl (C=O) groups excluding carboxylic acids is 1. The van der Waals surface area contributed by atoms with Crippen LogP contribution >= 0.6 is 11.3 Å². The van der Waals surface area contributed by atoms with E-state index >= 15 is 0 Å². The van der Waals surface area contributed by atoms with Gasteiger partial charge in [0.1, 0.15) is 15.6 Å². The van der Waals surface area contributed by atoms with Crippen molar-refractivity contribution in [3.05, 3.63) is 69.7 Å². The van der Waals surface area contributed by atoms with Crippen LogP contribution < -0.4 is 4.74 Å². The average molecular weight is 547 g/mol. The number of ether oxygens (including phenoxy) is 1. The van der Waals surface area contributed by atoms with Gasteiger partial charge in [0.05, 0.1) is 11.3 Å². The molecule has 0 spiro atoms. The third-order valence-electron chi connectivity index (χ3n) is 6.76. The van der Waals surface area contributed by atoms with Gasteiger partial charge in [0.15, 0.2) is 6.10 Å². The number of hydrogen-bond acceptors (Lipinski definition) is 5. The number of hydrogen-bond donors (Lipinski definition) is 1. The van der Waals surface area contributed by atoms with Gasteiger partial charge in [-0.05, 0) is 62.4 Å². The molecule has 4 rings (SSSR count). The van der Waals surface area contributed by atoms with Crippen LogP contribution in [0.1, 0.15) is 64.2 Å². The molecule has 38 heavy (non-hydrogen) atoms. The molecular formula is C28H29F3N2O4S. The molecule has 6 nitrogen and oxygen atoms in total. The average Bonchev–Trinajstić information content (AvgIpc) is 3.28. The summed E-state index contributed by atoms with van der Waals surface area (Å²) in [5.74, 6) is -0.575. The van der Waals surface area contributed by atoms with Gasteiger partial charge in [-0.1, -0.05) is 31.2 Å². The van der Waals surface area contributed by atoms with Crippen molar-refractivity contribution in [2.75, 3.05) is 13.1 Å². The standard InChI is InChI=1S/C28H29F3N2O4S/c1-4-22(27(35)36)37-23-14-19(8-7-16(23)2)20-6-5-13-33(15-20)26(34)24-17(3)32-25(38-24)18-9-11-21(12-10-18)28(29,30)31/h7-12,14,20,22H,4-6,13,15H2,1-3H3,(H,35,36). The van der Waals surface area contributed by atoms with Crippen molar-refractivity contribution in [3.63, 3.8) is 0 Å². The van der Waals surface area contributed by atoms with Crippen LogP contribution in [0.5, 0.6) is 5.75 Å². The van der Waals surface area contributed by atoms with Gasteiger partial charge < -0.3 is 14.7 Å². The molecule has 1 amide bonds. The summed E-state index contributed by atoms with van der Waals surface area (Å²) in [5.41, 5.74) is 2.16. The van der Waals surface area contributed by atoms with Crippen molar-refractivity contribution in [1.82, 2.24) is 9.88 Å². The van der Waals surface area contributed by atoms with Crippen LogP contribution in [-0.4, -0.2) is 46.1 Å². The van der Waals surface area contributed by atoms with Gasteiger partial charge in [0, 0.05) is 24.6 Å². The number of halogens is 3. The van der Waals surface area contributed by atoms with Gasteiger partial charge in [-0.25, -0.2) is 9.78 Å². The molecule has 0 radical (unpaired) electrons. The molecule has 1 fully saturated rings. The molecule has 1 N–H and O–H groups in total. The van der Waals surface area contributed by atoms with Crippen molar-refractivity contribution < 1.29 is 32.6 Å². The number of carbonyl (C=O) groups is 2. The lowest BCUT2D eigenvalue weighted by molar-refractivity contribution is -0.145. The Morgan fingerprint density at radius 1 is 1.18 bits per heavy atom. The number of likely N-dealkylation sites (tertiary alicyclic amines) is 1. The maximum absolute atomic E-state index is 13.5. The van der Waals surface area contributed by atoms with Crippen LogP contribution in [0, 0.1) is 13.8 Å². The number of carboxylic acid groups (broad SMARTS) is 1. The smallest absolute Gasteiger partial charge is 0.416 e. The predicted molar refractivity (Wildman–Crippen MR) is 139 cm³/mol. The number of benzene rings is 2. The summed E-state index contributed by atoms with van der Waals surface area (Å²) in [6.07, 6.45) is -3.33. The first-order chi connectivity index (χ1) is 18.0. The molecule has 2 heterocycles. The normalized spacial score (nSPS) is 16.8. The van der Waals surface area contributed by atoms with E-state index in [1.807, 2.05) is 25.1 Å². The number of piperidine rings is 1. The molecular weight excluding hydrogens is 517 g/mol. The van der Waals surface area contributed by atoms with E-state index in [0.717, 1.165) is 36.1 Å². The van der Waals surface area contributed by atoms with E-state index in [-0.39, 0.29) is 11.8 Å². The molecule has 0 saturated carbocycles. The summed E-state index contributed by atoms with van der Waals surface area (Å²) in [4.78, 5) is 31.6. The SMILES string of the molecule is CCC(Oc1cc(C2CCCN(C(=O)c3sc(-c4ccc(C(F)(F)F)cc4)nc3C)C2)ccc1C)C(=O)O. The minimum absolute atomic E-state index is 0.0585. The van der Waals surface area contributed by atoms with Crippen LogP contribution in [0.2, 0.25) is 0 Å². The Bertz CT molecular complexity index is 1320. The highest BCUT2D eigenvalue weighted by atomic mass is 32.1. The molecule has 0 aliphatic carbocycles.